The van der Waals surface area contributed by atoms with Gasteiger partial charge in [0.05, 0.1) is 6.10 Å². The molecular weight excluding hydrogens is 178 g/mol. The zero-order valence-electron chi connectivity index (χ0n) is 9.20. The molecule has 1 fully saturated rings. The summed E-state index contributed by atoms with van der Waals surface area (Å²) in [6.45, 7) is 5.51. The first-order chi connectivity index (χ1) is 6.61. The molecular formula is C11H21NO2. The van der Waals surface area contributed by atoms with Crippen molar-refractivity contribution < 1.29 is 9.90 Å². The Morgan fingerprint density at radius 3 is 3.00 bits per heavy atom. The molecule has 1 N–H and O–H groups in total. The van der Waals surface area contributed by atoms with Crippen molar-refractivity contribution in [3.63, 3.8) is 0 Å². The number of piperidine rings is 1. The number of amides is 1. The fourth-order valence-corrected chi connectivity index (χ4v) is 1.93. The summed E-state index contributed by atoms with van der Waals surface area (Å²) in [5.41, 5.74) is 0. The Hall–Kier alpha value is -0.570. The van der Waals surface area contributed by atoms with E-state index in [0.717, 1.165) is 38.8 Å². The van der Waals surface area contributed by atoms with Crippen LogP contribution in [0.2, 0.25) is 0 Å². The number of carbonyl (C=O) groups is 1. The van der Waals surface area contributed by atoms with Gasteiger partial charge in [-0.1, -0.05) is 6.92 Å². The third-order valence-corrected chi connectivity index (χ3v) is 2.85. The van der Waals surface area contributed by atoms with Crippen molar-refractivity contribution in [1.29, 1.82) is 0 Å². The molecule has 2 atom stereocenters. The normalized spacial score (nSPS) is 25.2. The van der Waals surface area contributed by atoms with Crippen LogP contribution in [0.1, 0.15) is 39.5 Å². The lowest BCUT2D eigenvalue weighted by atomic mass is 9.99. The minimum atomic E-state index is -0.243. The van der Waals surface area contributed by atoms with Crippen LogP contribution in [0.4, 0.5) is 0 Å². The summed E-state index contributed by atoms with van der Waals surface area (Å²) in [5.74, 6) is 0.497. The first-order valence-corrected chi connectivity index (χ1v) is 5.58. The maximum atomic E-state index is 11.7. The van der Waals surface area contributed by atoms with Crippen LogP contribution in [0.25, 0.3) is 0 Å². The van der Waals surface area contributed by atoms with Gasteiger partial charge in [0, 0.05) is 19.0 Å². The maximum absolute atomic E-state index is 11.7. The highest BCUT2D eigenvalue weighted by Gasteiger charge is 2.24. The second-order valence-electron chi connectivity index (χ2n) is 4.36. The molecule has 1 heterocycles. The Labute approximate surface area is 86.1 Å². The summed E-state index contributed by atoms with van der Waals surface area (Å²) in [5, 5.41) is 9.10. The third kappa shape index (κ3) is 3.29. The van der Waals surface area contributed by atoms with E-state index in [1.165, 1.54) is 0 Å². The number of hydrogen-bond donors (Lipinski definition) is 1. The average molecular weight is 199 g/mol. The van der Waals surface area contributed by atoms with Crippen molar-refractivity contribution in [2.75, 3.05) is 13.1 Å². The Balaban J connectivity index is 2.25. The number of nitrogens with zero attached hydrogens (tertiary/aromatic N) is 1. The van der Waals surface area contributed by atoms with Crippen molar-refractivity contribution in [3.05, 3.63) is 0 Å². The lowest BCUT2D eigenvalue weighted by Gasteiger charge is -2.30. The highest BCUT2D eigenvalue weighted by Crippen LogP contribution is 2.17. The van der Waals surface area contributed by atoms with Gasteiger partial charge in [-0.2, -0.15) is 0 Å². The van der Waals surface area contributed by atoms with Crippen molar-refractivity contribution >= 4 is 5.91 Å². The lowest BCUT2D eigenvalue weighted by molar-refractivity contribution is -0.137. The number of aliphatic hydroxyl groups excluding tert-OH is 1. The highest BCUT2D eigenvalue weighted by atomic mass is 16.3. The van der Waals surface area contributed by atoms with Gasteiger partial charge < -0.3 is 10.0 Å². The summed E-state index contributed by atoms with van der Waals surface area (Å²) in [6.07, 6.45) is 3.62. The molecule has 3 heteroatoms. The molecule has 0 bridgehead atoms. The zero-order valence-corrected chi connectivity index (χ0v) is 9.20. The van der Waals surface area contributed by atoms with Crippen molar-refractivity contribution in [1.82, 2.24) is 4.90 Å². The number of likely N-dealkylation sites (tertiary alicyclic amines) is 1. The molecule has 1 saturated heterocycles. The molecule has 1 rings (SSSR count). The number of carbonyl (C=O) groups excluding carboxylic acids is 1. The van der Waals surface area contributed by atoms with Crippen LogP contribution < -0.4 is 0 Å². The van der Waals surface area contributed by atoms with E-state index >= 15 is 0 Å². The molecule has 0 aromatic carbocycles. The average Bonchev–Trinajstić information content (AvgIpc) is 2.12. The molecule has 1 aliphatic heterocycles. The number of hydrogen-bond acceptors (Lipinski definition) is 2. The summed E-state index contributed by atoms with van der Waals surface area (Å²) >= 11 is 0. The zero-order chi connectivity index (χ0) is 10.6. The lowest BCUT2D eigenvalue weighted by Crippen LogP contribution is -2.40. The van der Waals surface area contributed by atoms with Gasteiger partial charge in [-0.25, -0.2) is 0 Å². The molecule has 0 saturated carbocycles. The molecule has 1 aliphatic rings. The van der Waals surface area contributed by atoms with Crippen LogP contribution in [0.3, 0.4) is 0 Å². The second kappa shape index (κ2) is 5.35. The van der Waals surface area contributed by atoms with Crippen molar-refractivity contribution in [2.45, 2.75) is 45.6 Å². The van der Waals surface area contributed by atoms with Gasteiger partial charge in [-0.15, -0.1) is 0 Å². The molecule has 1 amide bonds. The smallest absolute Gasteiger partial charge is 0.225 e. The molecule has 82 valence electrons. The van der Waals surface area contributed by atoms with E-state index in [2.05, 4.69) is 0 Å². The van der Waals surface area contributed by atoms with Gasteiger partial charge >= 0.3 is 0 Å². The molecule has 0 aromatic heterocycles. The molecule has 0 radical (unpaired) electrons. The Morgan fingerprint density at radius 2 is 2.36 bits per heavy atom. The largest absolute Gasteiger partial charge is 0.393 e. The minimum Gasteiger partial charge on any atom is -0.393 e. The summed E-state index contributed by atoms with van der Waals surface area (Å²) in [6, 6.07) is 0. The van der Waals surface area contributed by atoms with E-state index in [4.69, 9.17) is 5.11 Å². The second-order valence-corrected chi connectivity index (χ2v) is 4.36. The summed E-state index contributed by atoms with van der Waals surface area (Å²) in [7, 11) is 0. The first-order valence-electron chi connectivity index (χ1n) is 5.58. The number of aliphatic hydroxyl groups is 1. The van der Waals surface area contributed by atoms with E-state index in [-0.39, 0.29) is 12.0 Å². The van der Waals surface area contributed by atoms with E-state index in [0.29, 0.717) is 5.91 Å². The van der Waals surface area contributed by atoms with Crippen molar-refractivity contribution in [2.24, 2.45) is 5.92 Å². The first kappa shape index (κ1) is 11.5. The fourth-order valence-electron chi connectivity index (χ4n) is 1.93. The molecule has 2 unspecified atom stereocenters. The van der Waals surface area contributed by atoms with E-state index in [9.17, 15) is 4.79 Å². The predicted molar refractivity (Wildman–Crippen MR) is 55.9 cm³/mol. The molecule has 14 heavy (non-hydrogen) atoms. The SMILES string of the molecule is CC(O)CCCN1CCCC(C)C1=O. The topological polar surface area (TPSA) is 40.5 Å². The van der Waals surface area contributed by atoms with Crippen LogP contribution in [0.15, 0.2) is 0 Å². The van der Waals surface area contributed by atoms with Gasteiger partial charge in [-0.3, -0.25) is 4.79 Å². The predicted octanol–water partition coefficient (Wildman–Crippen LogP) is 1.41. The summed E-state index contributed by atoms with van der Waals surface area (Å²) < 4.78 is 0. The van der Waals surface area contributed by atoms with Crippen LogP contribution in [-0.4, -0.2) is 35.1 Å². The molecule has 0 aromatic rings. The van der Waals surface area contributed by atoms with Gasteiger partial charge in [0.2, 0.25) is 5.91 Å². The van der Waals surface area contributed by atoms with Crippen molar-refractivity contribution in [3.8, 4) is 0 Å². The minimum absolute atomic E-state index is 0.204. The maximum Gasteiger partial charge on any atom is 0.225 e. The van der Waals surface area contributed by atoms with Crippen LogP contribution in [0, 0.1) is 5.92 Å². The molecule has 0 spiro atoms. The highest BCUT2D eigenvalue weighted by molar-refractivity contribution is 5.79. The van der Waals surface area contributed by atoms with Crippen LogP contribution in [0.5, 0.6) is 0 Å². The van der Waals surface area contributed by atoms with E-state index < -0.39 is 0 Å². The standard InChI is InChI=1S/C11H21NO2/c1-9-5-3-7-12(11(9)14)8-4-6-10(2)13/h9-10,13H,3-8H2,1-2H3. The Bertz CT molecular complexity index is 192. The molecule has 0 aliphatic carbocycles. The monoisotopic (exact) mass is 199 g/mol. The Kier molecular flexibility index (Phi) is 4.39. The fraction of sp³-hybridized carbons (Fsp3) is 0.909. The molecule has 3 nitrogen and oxygen atoms in total. The Morgan fingerprint density at radius 1 is 1.64 bits per heavy atom. The number of rotatable bonds is 4. The van der Waals surface area contributed by atoms with E-state index in [1.54, 1.807) is 6.92 Å². The van der Waals surface area contributed by atoms with E-state index in [1.807, 2.05) is 11.8 Å². The van der Waals surface area contributed by atoms with Crippen LogP contribution >= 0.6 is 0 Å². The quantitative estimate of drug-likeness (QED) is 0.743. The van der Waals surface area contributed by atoms with Gasteiger partial charge in [-0.05, 0) is 32.6 Å². The summed E-state index contributed by atoms with van der Waals surface area (Å²) in [4.78, 5) is 13.6. The van der Waals surface area contributed by atoms with Crippen LogP contribution in [-0.2, 0) is 4.79 Å². The van der Waals surface area contributed by atoms with Gasteiger partial charge in [0.1, 0.15) is 0 Å². The van der Waals surface area contributed by atoms with Gasteiger partial charge in [0.15, 0.2) is 0 Å². The third-order valence-electron chi connectivity index (χ3n) is 2.85. The van der Waals surface area contributed by atoms with Gasteiger partial charge in [0.25, 0.3) is 0 Å².